The van der Waals surface area contributed by atoms with Crippen LogP contribution in [-0.4, -0.2) is 42.6 Å². The van der Waals surface area contributed by atoms with E-state index in [-0.39, 0.29) is 18.1 Å². The number of methoxy groups -OCH3 is 1. The lowest BCUT2D eigenvalue weighted by molar-refractivity contribution is -0.127. The van der Waals surface area contributed by atoms with E-state index in [9.17, 15) is 9.59 Å². The van der Waals surface area contributed by atoms with Gasteiger partial charge >= 0.3 is 0 Å². The summed E-state index contributed by atoms with van der Waals surface area (Å²) in [5, 5.41) is 5.24. The summed E-state index contributed by atoms with van der Waals surface area (Å²) in [7, 11) is 5.48. The van der Waals surface area contributed by atoms with Gasteiger partial charge in [0.05, 0.1) is 12.6 Å². The Labute approximate surface area is 171 Å². The van der Waals surface area contributed by atoms with Crippen LogP contribution < -0.4 is 9.64 Å². The summed E-state index contributed by atoms with van der Waals surface area (Å²) in [5.41, 5.74) is 2.11. The number of ether oxygens (including phenoxy) is 1. The van der Waals surface area contributed by atoms with Gasteiger partial charge in [0, 0.05) is 42.2 Å². The van der Waals surface area contributed by atoms with Gasteiger partial charge in [0.25, 0.3) is 0 Å². The predicted molar refractivity (Wildman–Crippen MR) is 115 cm³/mol. The first-order chi connectivity index (χ1) is 13.6. The lowest BCUT2D eigenvalue weighted by atomic mass is 9.91. The molecule has 6 nitrogen and oxygen atoms in total. The third kappa shape index (κ3) is 4.16. The van der Waals surface area contributed by atoms with E-state index in [0.29, 0.717) is 27.9 Å². The second-order valence-electron chi connectivity index (χ2n) is 8.33. The highest BCUT2D eigenvalue weighted by Crippen LogP contribution is 2.27. The molecule has 0 fully saturated rings. The summed E-state index contributed by atoms with van der Waals surface area (Å²) in [6.45, 7) is 5.72. The number of carbonyl (C=O) groups is 2. The Balaban J connectivity index is 2.07. The van der Waals surface area contributed by atoms with E-state index < -0.39 is 5.41 Å². The van der Waals surface area contributed by atoms with Crippen LogP contribution in [-0.2, 0) is 11.3 Å². The fourth-order valence-corrected chi connectivity index (χ4v) is 2.99. The van der Waals surface area contributed by atoms with Crippen molar-refractivity contribution in [1.29, 1.82) is 0 Å². The molecule has 29 heavy (non-hydrogen) atoms. The maximum atomic E-state index is 13.2. The molecule has 0 aliphatic carbocycles. The number of rotatable bonds is 6. The number of fused-ring (bicyclic) bond motifs is 1. The van der Waals surface area contributed by atoms with Gasteiger partial charge in [-0.25, -0.2) is 0 Å². The van der Waals surface area contributed by atoms with Crippen LogP contribution in [0.5, 0.6) is 5.75 Å². The summed E-state index contributed by atoms with van der Waals surface area (Å²) in [6.07, 6.45) is 0. The number of Topliss-reactive ketones (excluding diaryl/α,β-unsaturated/α-hetero) is 1. The number of hydrogen-bond acceptors (Lipinski definition) is 5. The number of aromatic nitrogens is 2. The normalized spacial score (nSPS) is 11.5. The van der Waals surface area contributed by atoms with Crippen molar-refractivity contribution >= 4 is 28.2 Å². The number of anilines is 1. The predicted octanol–water partition coefficient (Wildman–Crippen LogP) is 3.96. The highest BCUT2D eigenvalue weighted by molar-refractivity contribution is 6.15. The van der Waals surface area contributed by atoms with Crippen LogP contribution in [0.25, 0.3) is 10.9 Å². The summed E-state index contributed by atoms with van der Waals surface area (Å²) < 4.78 is 6.93. The molecule has 2 aromatic carbocycles. The van der Waals surface area contributed by atoms with Gasteiger partial charge in [-0.1, -0.05) is 20.8 Å². The molecule has 0 atom stereocenters. The standard InChI is InChI=1S/C23H27N3O3/c1-23(2,3)20(27)14-26-19-13-17(29-6)11-12-18(19)21(24-26)22(28)15-7-9-16(10-8-15)25(4)5/h7-13H,14H2,1-6H3. The first kappa shape index (κ1) is 20.6. The zero-order valence-electron chi connectivity index (χ0n) is 17.8. The fraction of sp³-hybridized carbons (Fsp3) is 0.348. The van der Waals surface area contributed by atoms with Gasteiger partial charge in [0.1, 0.15) is 18.0 Å². The molecule has 3 rings (SSSR count). The van der Waals surface area contributed by atoms with Crippen molar-refractivity contribution in [2.45, 2.75) is 27.3 Å². The van der Waals surface area contributed by atoms with Crippen molar-refractivity contribution in [3.05, 3.63) is 53.7 Å². The summed E-state index contributed by atoms with van der Waals surface area (Å²) in [4.78, 5) is 27.8. The van der Waals surface area contributed by atoms with Crippen LogP contribution in [0.15, 0.2) is 42.5 Å². The molecule has 152 valence electrons. The third-order valence-electron chi connectivity index (χ3n) is 4.95. The number of hydrogen-bond donors (Lipinski definition) is 0. The average molecular weight is 393 g/mol. The highest BCUT2D eigenvalue weighted by atomic mass is 16.5. The zero-order chi connectivity index (χ0) is 21.3. The van der Waals surface area contributed by atoms with Crippen molar-refractivity contribution in [1.82, 2.24) is 9.78 Å². The van der Waals surface area contributed by atoms with Crippen LogP contribution in [0.1, 0.15) is 36.8 Å². The van der Waals surface area contributed by atoms with E-state index in [0.717, 1.165) is 5.69 Å². The molecule has 6 heteroatoms. The second kappa shape index (κ2) is 7.70. The molecule has 0 unspecified atom stereocenters. The van der Waals surface area contributed by atoms with Crippen molar-refractivity contribution in [3.63, 3.8) is 0 Å². The molecule has 0 saturated heterocycles. The number of benzene rings is 2. The van der Waals surface area contributed by atoms with E-state index in [1.807, 2.05) is 64.0 Å². The lowest BCUT2D eigenvalue weighted by Gasteiger charge is -2.16. The van der Waals surface area contributed by atoms with E-state index in [1.165, 1.54) is 0 Å². The minimum atomic E-state index is -0.497. The maximum absolute atomic E-state index is 13.2. The van der Waals surface area contributed by atoms with Gasteiger partial charge < -0.3 is 9.64 Å². The molecule has 0 spiro atoms. The molecule has 0 bridgehead atoms. The molecule has 0 radical (unpaired) electrons. The Hall–Kier alpha value is -3.15. The van der Waals surface area contributed by atoms with Crippen molar-refractivity contribution in [3.8, 4) is 5.75 Å². The molecule has 0 N–H and O–H groups in total. The van der Waals surface area contributed by atoms with Crippen molar-refractivity contribution < 1.29 is 14.3 Å². The molecular formula is C23H27N3O3. The summed E-state index contributed by atoms with van der Waals surface area (Å²) in [6, 6.07) is 12.8. The van der Waals surface area contributed by atoms with Gasteiger partial charge in [0.2, 0.25) is 5.78 Å². The zero-order valence-corrected chi connectivity index (χ0v) is 17.8. The van der Waals surface area contributed by atoms with Crippen LogP contribution in [0.3, 0.4) is 0 Å². The minimum absolute atomic E-state index is 0.0408. The first-order valence-corrected chi connectivity index (χ1v) is 9.52. The minimum Gasteiger partial charge on any atom is -0.497 e. The van der Waals surface area contributed by atoms with Crippen LogP contribution in [0.2, 0.25) is 0 Å². The van der Waals surface area contributed by atoms with Gasteiger partial charge in [0.15, 0.2) is 5.78 Å². The molecule has 0 amide bonds. The number of carbonyl (C=O) groups excluding carboxylic acids is 2. The van der Waals surface area contributed by atoms with Gasteiger partial charge in [-0.3, -0.25) is 14.3 Å². The van der Waals surface area contributed by atoms with E-state index >= 15 is 0 Å². The van der Waals surface area contributed by atoms with Gasteiger partial charge in [-0.05, 0) is 36.4 Å². The quantitative estimate of drug-likeness (QED) is 0.593. The van der Waals surface area contributed by atoms with Crippen molar-refractivity contribution in [2.24, 2.45) is 5.41 Å². The molecular weight excluding hydrogens is 366 g/mol. The van der Waals surface area contributed by atoms with E-state index in [1.54, 1.807) is 30.0 Å². The first-order valence-electron chi connectivity index (χ1n) is 9.52. The smallest absolute Gasteiger partial charge is 0.213 e. The molecule has 0 aliphatic heterocycles. The van der Waals surface area contributed by atoms with Gasteiger partial charge in [-0.15, -0.1) is 0 Å². The Morgan fingerprint density at radius 1 is 1.07 bits per heavy atom. The molecule has 3 aromatic rings. The summed E-state index contributed by atoms with van der Waals surface area (Å²) >= 11 is 0. The SMILES string of the molecule is COc1ccc2c(C(=O)c3ccc(N(C)C)cc3)nn(CC(=O)C(C)(C)C)c2c1. The third-order valence-corrected chi connectivity index (χ3v) is 4.95. The summed E-state index contributed by atoms with van der Waals surface area (Å²) in [5.74, 6) is 0.516. The molecule has 1 aromatic heterocycles. The van der Waals surface area contributed by atoms with Crippen LogP contribution in [0, 0.1) is 5.41 Å². The number of ketones is 2. The largest absolute Gasteiger partial charge is 0.497 e. The van der Waals surface area contributed by atoms with Crippen molar-refractivity contribution in [2.75, 3.05) is 26.1 Å². The number of nitrogens with zero attached hydrogens (tertiary/aromatic N) is 3. The van der Waals surface area contributed by atoms with Crippen LogP contribution in [0.4, 0.5) is 5.69 Å². The highest BCUT2D eigenvalue weighted by Gasteiger charge is 2.25. The van der Waals surface area contributed by atoms with E-state index in [2.05, 4.69) is 5.10 Å². The monoisotopic (exact) mass is 393 g/mol. The second-order valence-corrected chi connectivity index (χ2v) is 8.33. The Kier molecular flexibility index (Phi) is 5.46. The Morgan fingerprint density at radius 3 is 2.28 bits per heavy atom. The van der Waals surface area contributed by atoms with Crippen LogP contribution >= 0.6 is 0 Å². The lowest BCUT2D eigenvalue weighted by Crippen LogP contribution is -2.25. The van der Waals surface area contributed by atoms with E-state index in [4.69, 9.17) is 4.74 Å². The molecule has 0 saturated carbocycles. The average Bonchev–Trinajstić information content (AvgIpc) is 3.04. The topological polar surface area (TPSA) is 64.4 Å². The molecule has 0 aliphatic rings. The molecule has 1 heterocycles. The van der Waals surface area contributed by atoms with Gasteiger partial charge in [-0.2, -0.15) is 5.10 Å². The Bertz CT molecular complexity index is 1060. The Morgan fingerprint density at radius 2 is 1.72 bits per heavy atom. The maximum Gasteiger partial charge on any atom is 0.213 e. The fourth-order valence-electron chi connectivity index (χ4n) is 2.99.